The standard InChI is InChI=1S/C15H21N3O/c16-14-7-3-6-13(17-14)15(19)18-9-8-11-4-1-2-5-12(11)10-18/h3,6-7,11-12H,1-2,4-5,8-10H2,(H2,16,17). The van der Waals surface area contributed by atoms with Crippen LogP contribution >= 0.6 is 0 Å². The maximum absolute atomic E-state index is 12.4. The van der Waals surface area contributed by atoms with Gasteiger partial charge in [-0.15, -0.1) is 0 Å². The van der Waals surface area contributed by atoms with Crippen LogP contribution in [-0.4, -0.2) is 28.9 Å². The Kier molecular flexibility index (Phi) is 3.40. The van der Waals surface area contributed by atoms with Gasteiger partial charge in [-0.05, 0) is 36.8 Å². The lowest BCUT2D eigenvalue weighted by Crippen LogP contribution is -2.45. The van der Waals surface area contributed by atoms with Gasteiger partial charge in [-0.3, -0.25) is 4.79 Å². The fourth-order valence-electron chi connectivity index (χ4n) is 3.52. The molecule has 1 aliphatic heterocycles. The summed E-state index contributed by atoms with van der Waals surface area (Å²) in [5.74, 6) is 1.99. The number of nitrogen functional groups attached to an aromatic ring is 1. The predicted molar refractivity (Wildman–Crippen MR) is 74.6 cm³/mol. The molecule has 0 bridgehead atoms. The molecule has 2 N–H and O–H groups in total. The molecule has 3 rings (SSSR count). The zero-order valence-corrected chi connectivity index (χ0v) is 11.2. The molecule has 1 aromatic rings. The zero-order valence-electron chi connectivity index (χ0n) is 11.2. The summed E-state index contributed by atoms with van der Waals surface area (Å²) in [6, 6.07) is 5.26. The van der Waals surface area contributed by atoms with E-state index >= 15 is 0 Å². The van der Waals surface area contributed by atoms with Gasteiger partial charge < -0.3 is 10.6 Å². The first-order valence-electron chi connectivity index (χ1n) is 7.26. The maximum atomic E-state index is 12.4. The zero-order chi connectivity index (χ0) is 13.2. The molecule has 2 fully saturated rings. The molecule has 0 aromatic carbocycles. The van der Waals surface area contributed by atoms with Crippen LogP contribution in [0.1, 0.15) is 42.6 Å². The van der Waals surface area contributed by atoms with E-state index in [-0.39, 0.29) is 5.91 Å². The first kappa shape index (κ1) is 12.5. The largest absolute Gasteiger partial charge is 0.384 e. The molecule has 2 heterocycles. The lowest BCUT2D eigenvalue weighted by atomic mass is 9.75. The lowest BCUT2D eigenvalue weighted by molar-refractivity contribution is 0.0515. The summed E-state index contributed by atoms with van der Waals surface area (Å²) in [5, 5.41) is 0. The number of hydrogen-bond donors (Lipinski definition) is 1. The summed E-state index contributed by atoms with van der Waals surface area (Å²) in [5.41, 5.74) is 6.13. The molecular formula is C15H21N3O. The van der Waals surface area contributed by atoms with E-state index in [0.29, 0.717) is 17.4 Å². The maximum Gasteiger partial charge on any atom is 0.272 e. The summed E-state index contributed by atoms with van der Waals surface area (Å²) in [4.78, 5) is 18.5. The van der Waals surface area contributed by atoms with E-state index in [1.807, 2.05) is 4.90 Å². The first-order chi connectivity index (χ1) is 9.24. The molecule has 1 aromatic heterocycles. The topological polar surface area (TPSA) is 59.2 Å². The van der Waals surface area contributed by atoms with Crippen LogP contribution in [0.2, 0.25) is 0 Å². The van der Waals surface area contributed by atoms with E-state index < -0.39 is 0 Å². The van der Waals surface area contributed by atoms with Crippen molar-refractivity contribution in [1.29, 1.82) is 0 Å². The molecule has 4 heteroatoms. The molecule has 0 radical (unpaired) electrons. The summed E-state index contributed by atoms with van der Waals surface area (Å²) in [6.45, 7) is 1.77. The molecule has 0 spiro atoms. The van der Waals surface area contributed by atoms with Crippen molar-refractivity contribution >= 4 is 11.7 Å². The van der Waals surface area contributed by atoms with Crippen molar-refractivity contribution in [2.24, 2.45) is 11.8 Å². The highest BCUT2D eigenvalue weighted by atomic mass is 16.2. The van der Waals surface area contributed by atoms with Gasteiger partial charge in [0.25, 0.3) is 5.91 Å². The Bertz CT molecular complexity index is 474. The highest BCUT2D eigenvalue weighted by Gasteiger charge is 2.33. The Hall–Kier alpha value is -1.58. The molecule has 1 amide bonds. The van der Waals surface area contributed by atoms with Crippen LogP contribution in [0.4, 0.5) is 5.82 Å². The van der Waals surface area contributed by atoms with Crippen molar-refractivity contribution in [2.45, 2.75) is 32.1 Å². The van der Waals surface area contributed by atoms with Crippen LogP contribution in [0.3, 0.4) is 0 Å². The number of rotatable bonds is 1. The number of pyridine rings is 1. The second-order valence-electron chi connectivity index (χ2n) is 5.79. The molecule has 2 atom stereocenters. The monoisotopic (exact) mass is 259 g/mol. The van der Waals surface area contributed by atoms with Crippen LogP contribution < -0.4 is 5.73 Å². The minimum atomic E-state index is 0.0383. The Morgan fingerprint density at radius 1 is 1.21 bits per heavy atom. The molecule has 19 heavy (non-hydrogen) atoms. The number of amides is 1. The number of nitrogens with zero attached hydrogens (tertiary/aromatic N) is 2. The SMILES string of the molecule is Nc1cccc(C(=O)N2CCC3CCCCC3C2)n1. The minimum absolute atomic E-state index is 0.0383. The van der Waals surface area contributed by atoms with Crippen LogP contribution in [0.25, 0.3) is 0 Å². The van der Waals surface area contributed by atoms with Crippen LogP contribution in [0.15, 0.2) is 18.2 Å². The molecule has 1 saturated heterocycles. The van der Waals surface area contributed by atoms with E-state index in [2.05, 4.69) is 4.98 Å². The Morgan fingerprint density at radius 2 is 2.00 bits per heavy atom. The summed E-state index contributed by atoms with van der Waals surface area (Å²) in [7, 11) is 0. The molecule has 2 unspecified atom stereocenters. The number of carbonyl (C=O) groups is 1. The van der Waals surface area contributed by atoms with Crippen LogP contribution in [0, 0.1) is 11.8 Å². The number of anilines is 1. The van der Waals surface area contributed by atoms with Crippen molar-refractivity contribution in [1.82, 2.24) is 9.88 Å². The van der Waals surface area contributed by atoms with Gasteiger partial charge in [0.1, 0.15) is 11.5 Å². The van der Waals surface area contributed by atoms with Crippen molar-refractivity contribution in [3.8, 4) is 0 Å². The molecular weight excluding hydrogens is 238 g/mol. The Labute approximate surface area is 114 Å². The summed E-state index contributed by atoms with van der Waals surface area (Å²) < 4.78 is 0. The summed E-state index contributed by atoms with van der Waals surface area (Å²) in [6.07, 6.45) is 6.46. The van der Waals surface area contributed by atoms with Crippen molar-refractivity contribution in [3.05, 3.63) is 23.9 Å². The van der Waals surface area contributed by atoms with Crippen molar-refractivity contribution < 1.29 is 4.79 Å². The third kappa shape index (κ3) is 2.57. The Morgan fingerprint density at radius 3 is 2.79 bits per heavy atom. The smallest absolute Gasteiger partial charge is 0.272 e. The van der Waals surface area contributed by atoms with E-state index in [4.69, 9.17) is 5.73 Å². The lowest BCUT2D eigenvalue weighted by Gasteiger charge is -2.41. The molecule has 1 aliphatic carbocycles. The molecule has 1 saturated carbocycles. The van der Waals surface area contributed by atoms with E-state index in [1.165, 1.54) is 25.7 Å². The van der Waals surface area contributed by atoms with Crippen molar-refractivity contribution in [3.63, 3.8) is 0 Å². The number of carbonyl (C=O) groups excluding carboxylic acids is 1. The average Bonchev–Trinajstić information content (AvgIpc) is 2.46. The summed E-state index contributed by atoms with van der Waals surface area (Å²) >= 11 is 0. The van der Waals surface area contributed by atoms with Crippen LogP contribution in [0.5, 0.6) is 0 Å². The molecule has 102 valence electrons. The van der Waals surface area contributed by atoms with Gasteiger partial charge >= 0.3 is 0 Å². The van der Waals surface area contributed by atoms with Gasteiger partial charge in [0.15, 0.2) is 0 Å². The Balaban J connectivity index is 1.71. The second-order valence-corrected chi connectivity index (χ2v) is 5.79. The average molecular weight is 259 g/mol. The normalized spacial score (nSPS) is 26.8. The van der Waals surface area contributed by atoms with Gasteiger partial charge in [-0.2, -0.15) is 0 Å². The third-order valence-corrected chi connectivity index (χ3v) is 4.57. The third-order valence-electron chi connectivity index (χ3n) is 4.57. The molecule has 2 aliphatic rings. The fraction of sp³-hybridized carbons (Fsp3) is 0.600. The first-order valence-corrected chi connectivity index (χ1v) is 7.26. The van der Waals surface area contributed by atoms with Crippen LogP contribution in [-0.2, 0) is 0 Å². The highest BCUT2D eigenvalue weighted by Crippen LogP contribution is 2.36. The number of piperidine rings is 1. The minimum Gasteiger partial charge on any atom is -0.384 e. The van der Waals surface area contributed by atoms with Gasteiger partial charge in [0.2, 0.25) is 0 Å². The van der Waals surface area contributed by atoms with E-state index in [0.717, 1.165) is 25.4 Å². The number of fused-ring (bicyclic) bond motifs is 1. The van der Waals surface area contributed by atoms with Crippen molar-refractivity contribution in [2.75, 3.05) is 18.8 Å². The predicted octanol–water partition coefficient (Wildman–Crippen LogP) is 2.32. The number of nitrogens with two attached hydrogens (primary N) is 1. The van der Waals surface area contributed by atoms with Gasteiger partial charge in [-0.1, -0.05) is 25.3 Å². The number of aromatic nitrogens is 1. The molecule has 4 nitrogen and oxygen atoms in total. The fourth-order valence-corrected chi connectivity index (χ4v) is 3.52. The van der Waals surface area contributed by atoms with E-state index in [9.17, 15) is 4.79 Å². The second kappa shape index (κ2) is 5.19. The number of hydrogen-bond acceptors (Lipinski definition) is 3. The highest BCUT2D eigenvalue weighted by molar-refractivity contribution is 5.92. The quantitative estimate of drug-likeness (QED) is 0.842. The van der Waals surface area contributed by atoms with E-state index in [1.54, 1.807) is 18.2 Å². The van der Waals surface area contributed by atoms with Gasteiger partial charge in [0, 0.05) is 13.1 Å². The van der Waals surface area contributed by atoms with Gasteiger partial charge in [-0.25, -0.2) is 4.98 Å². The van der Waals surface area contributed by atoms with Gasteiger partial charge in [0.05, 0.1) is 0 Å². The number of likely N-dealkylation sites (tertiary alicyclic amines) is 1.